The molecule has 0 aromatic heterocycles. The number of hydrogen-bond donors (Lipinski definition) is 3. The lowest BCUT2D eigenvalue weighted by molar-refractivity contribution is 0.0801. The number of piperidine rings is 1. The zero-order valence-electron chi connectivity index (χ0n) is 13.0. The average molecular weight is 292 g/mol. The third-order valence-electron chi connectivity index (χ3n) is 4.40. The number of rotatable bonds is 7. The van der Waals surface area contributed by atoms with Gasteiger partial charge in [-0.3, -0.25) is 0 Å². The molecule has 1 aliphatic heterocycles. The van der Waals surface area contributed by atoms with Crippen molar-refractivity contribution in [1.82, 2.24) is 10.2 Å². The summed E-state index contributed by atoms with van der Waals surface area (Å²) in [4.78, 5) is 2.50. The Bertz CT molecular complexity index is 399. The summed E-state index contributed by atoms with van der Waals surface area (Å²) >= 11 is 0. The molecule has 0 aliphatic carbocycles. The Balaban J connectivity index is 1.71. The first-order valence-corrected chi connectivity index (χ1v) is 7.91. The summed E-state index contributed by atoms with van der Waals surface area (Å²) in [5.74, 6) is 0. The molecule has 4 heteroatoms. The van der Waals surface area contributed by atoms with Gasteiger partial charge in [0.05, 0.1) is 18.8 Å². The SMILES string of the molecule is CC(CO)(CO)NC1CCN(CCc2ccccc2)CC1. The van der Waals surface area contributed by atoms with Gasteiger partial charge >= 0.3 is 0 Å². The van der Waals surface area contributed by atoms with E-state index in [1.807, 2.05) is 6.92 Å². The maximum Gasteiger partial charge on any atom is 0.0633 e. The largest absolute Gasteiger partial charge is 0.394 e. The highest BCUT2D eigenvalue weighted by Crippen LogP contribution is 2.14. The molecule has 0 bridgehead atoms. The molecule has 21 heavy (non-hydrogen) atoms. The molecule has 0 atom stereocenters. The lowest BCUT2D eigenvalue weighted by Crippen LogP contribution is -2.56. The number of benzene rings is 1. The second kappa shape index (κ2) is 7.90. The summed E-state index contributed by atoms with van der Waals surface area (Å²) in [7, 11) is 0. The Hall–Kier alpha value is -0.940. The quantitative estimate of drug-likeness (QED) is 0.702. The van der Waals surface area contributed by atoms with Crippen LogP contribution in [-0.4, -0.2) is 59.5 Å². The Labute approximate surface area is 127 Å². The van der Waals surface area contributed by atoms with Gasteiger partial charge in [-0.05, 0) is 44.8 Å². The van der Waals surface area contributed by atoms with Crippen LogP contribution in [0.4, 0.5) is 0 Å². The van der Waals surface area contributed by atoms with Gasteiger partial charge < -0.3 is 20.4 Å². The van der Waals surface area contributed by atoms with Crippen molar-refractivity contribution in [3.8, 4) is 0 Å². The highest BCUT2D eigenvalue weighted by atomic mass is 16.3. The monoisotopic (exact) mass is 292 g/mol. The van der Waals surface area contributed by atoms with E-state index in [0.717, 1.165) is 38.9 Å². The minimum Gasteiger partial charge on any atom is -0.394 e. The highest BCUT2D eigenvalue weighted by Gasteiger charge is 2.28. The minimum atomic E-state index is -0.559. The number of aliphatic hydroxyl groups is 2. The maximum atomic E-state index is 9.35. The predicted octanol–water partition coefficient (Wildman–Crippen LogP) is 1.03. The van der Waals surface area contributed by atoms with E-state index in [1.165, 1.54) is 5.56 Å². The Kier molecular flexibility index (Phi) is 6.18. The van der Waals surface area contributed by atoms with Crippen LogP contribution in [0.3, 0.4) is 0 Å². The molecule has 0 saturated carbocycles. The van der Waals surface area contributed by atoms with Gasteiger partial charge in [0.1, 0.15) is 0 Å². The predicted molar refractivity (Wildman–Crippen MR) is 85.3 cm³/mol. The van der Waals surface area contributed by atoms with E-state index in [-0.39, 0.29) is 13.2 Å². The zero-order chi connectivity index (χ0) is 15.1. The summed E-state index contributed by atoms with van der Waals surface area (Å²) < 4.78 is 0. The van der Waals surface area contributed by atoms with Crippen molar-refractivity contribution in [3.05, 3.63) is 35.9 Å². The van der Waals surface area contributed by atoms with E-state index in [1.54, 1.807) is 0 Å². The van der Waals surface area contributed by atoms with Crippen LogP contribution in [0, 0.1) is 0 Å². The van der Waals surface area contributed by atoms with E-state index < -0.39 is 5.54 Å². The standard InChI is InChI=1S/C17H28N2O2/c1-17(13-20,14-21)18-16-8-11-19(12-9-16)10-7-15-5-3-2-4-6-15/h2-6,16,18,20-21H,7-14H2,1H3. The smallest absolute Gasteiger partial charge is 0.0633 e. The van der Waals surface area contributed by atoms with Crippen LogP contribution in [0.15, 0.2) is 30.3 Å². The summed E-state index contributed by atoms with van der Waals surface area (Å²) in [6.45, 7) is 5.08. The van der Waals surface area contributed by atoms with Gasteiger partial charge in [0.25, 0.3) is 0 Å². The van der Waals surface area contributed by atoms with Crippen molar-refractivity contribution >= 4 is 0 Å². The Morgan fingerprint density at radius 1 is 1.14 bits per heavy atom. The van der Waals surface area contributed by atoms with E-state index >= 15 is 0 Å². The van der Waals surface area contributed by atoms with Crippen LogP contribution in [-0.2, 0) is 6.42 Å². The summed E-state index contributed by atoms with van der Waals surface area (Å²) in [6.07, 6.45) is 3.25. The molecule has 1 saturated heterocycles. The molecule has 1 aliphatic rings. The summed E-state index contributed by atoms with van der Waals surface area (Å²) in [5, 5.41) is 22.1. The van der Waals surface area contributed by atoms with Crippen molar-refractivity contribution in [1.29, 1.82) is 0 Å². The van der Waals surface area contributed by atoms with Crippen molar-refractivity contribution in [2.24, 2.45) is 0 Å². The molecule has 0 radical (unpaired) electrons. The maximum absolute atomic E-state index is 9.35. The molecule has 4 nitrogen and oxygen atoms in total. The lowest BCUT2D eigenvalue weighted by Gasteiger charge is -2.37. The fourth-order valence-corrected chi connectivity index (χ4v) is 2.87. The van der Waals surface area contributed by atoms with Gasteiger partial charge in [-0.1, -0.05) is 30.3 Å². The van der Waals surface area contributed by atoms with Crippen LogP contribution in [0.1, 0.15) is 25.3 Å². The number of hydrogen-bond acceptors (Lipinski definition) is 4. The van der Waals surface area contributed by atoms with E-state index in [9.17, 15) is 10.2 Å². The zero-order valence-corrected chi connectivity index (χ0v) is 13.0. The molecule has 0 unspecified atom stereocenters. The van der Waals surface area contributed by atoms with Gasteiger partial charge in [0, 0.05) is 12.6 Å². The van der Waals surface area contributed by atoms with Crippen molar-refractivity contribution in [2.45, 2.75) is 37.8 Å². The second-order valence-corrected chi connectivity index (χ2v) is 6.37. The molecule has 1 fully saturated rings. The minimum absolute atomic E-state index is 0.0300. The van der Waals surface area contributed by atoms with Crippen LogP contribution >= 0.6 is 0 Å². The Morgan fingerprint density at radius 3 is 2.33 bits per heavy atom. The van der Waals surface area contributed by atoms with Crippen LogP contribution < -0.4 is 5.32 Å². The van der Waals surface area contributed by atoms with Crippen LogP contribution in [0.5, 0.6) is 0 Å². The van der Waals surface area contributed by atoms with Crippen molar-refractivity contribution in [2.75, 3.05) is 32.8 Å². The van der Waals surface area contributed by atoms with Crippen LogP contribution in [0.25, 0.3) is 0 Å². The fourth-order valence-electron chi connectivity index (χ4n) is 2.87. The Morgan fingerprint density at radius 2 is 1.76 bits per heavy atom. The molecular weight excluding hydrogens is 264 g/mol. The topological polar surface area (TPSA) is 55.7 Å². The molecule has 1 heterocycles. The van der Waals surface area contributed by atoms with E-state index in [2.05, 4.69) is 40.5 Å². The number of nitrogens with zero attached hydrogens (tertiary/aromatic N) is 1. The van der Waals surface area contributed by atoms with E-state index in [4.69, 9.17) is 0 Å². The van der Waals surface area contributed by atoms with Crippen molar-refractivity contribution < 1.29 is 10.2 Å². The van der Waals surface area contributed by atoms with Gasteiger partial charge in [-0.2, -0.15) is 0 Å². The fraction of sp³-hybridized carbons (Fsp3) is 0.647. The average Bonchev–Trinajstić information content (AvgIpc) is 2.55. The normalized spacial score (nSPS) is 18.0. The first-order valence-electron chi connectivity index (χ1n) is 7.91. The second-order valence-electron chi connectivity index (χ2n) is 6.37. The van der Waals surface area contributed by atoms with Gasteiger partial charge in [-0.25, -0.2) is 0 Å². The summed E-state index contributed by atoms with van der Waals surface area (Å²) in [6, 6.07) is 11.0. The van der Waals surface area contributed by atoms with Gasteiger partial charge in [0.2, 0.25) is 0 Å². The number of likely N-dealkylation sites (tertiary alicyclic amines) is 1. The molecule has 1 aromatic rings. The first-order chi connectivity index (χ1) is 10.1. The van der Waals surface area contributed by atoms with E-state index in [0.29, 0.717) is 6.04 Å². The van der Waals surface area contributed by atoms with Crippen molar-refractivity contribution in [3.63, 3.8) is 0 Å². The first kappa shape index (κ1) is 16.4. The third kappa shape index (κ3) is 5.08. The number of aliphatic hydroxyl groups excluding tert-OH is 2. The third-order valence-corrected chi connectivity index (χ3v) is 4.40. The molecule has 118 valence electrons. The highest BCUT2D eigenvalue weighted by molar-refractivity contribution is 5.14. The molecule has 0 amide bonds. The molecule has 0 spiro atoms. The molecular formula is C17H28N2O2. The number of nitrogens with one attached hydrogen (secondary N) is 1. The van der Waals surface area contributed by atoms with Gasteiger partial charge in [-0.15, -0.1) is 0 Å². The molecule has 3 N–H and O–H groups in total. The van der Waals surface area contributed by atoms with Crippen LogP contribution in [0.2, 0.25) is 0 Å². The lowest BCUT2D eigenvalue weighted by atomic mass is 9.98. The molecule has 1 aromatic carbocycles. The van der Waals surface area contributed by atoms with Gasteiger partial charge in [0.15, 0.2) is 0 Å². The summed E-state index contributed by atoms with van der Waals surface area (Å²) in [5.41, 5.74) is 0.836. The molecule has 2 rings (SSSR count).